The second-order valence-electron chi connectivity index (χ2n) is 4.98. The molecule has 0 radical (unpaired) electrons. The Morgan fingerprint density at radius 2 is 1.86 bits per heavy atom. The molecule has 0 aromatic heterocycles. The van der Waals surface area contributed by atoms with Crippen LogP contribution in [0.25, 0.3) is 0 Å². The Morgan fingerprint density at radius 1 is 1.10 bits per heavy atom. The number of rotatable bonds is 6. The van der Waals surface area contributed by atoms with Gasteiger partial charge >= 0.3 is 0 Å². The zero-order valence-electron chi connectivity index (χ0n) is 11.9. The zero-order chi connectivity index (χ0) is 15.2. The molecule has 0 saturated carbocycles. The van der Waals surface area contributed by atoms with Crippen molar-refractivity contribution in [2.24, 2.45) is 0 Å². The van der Waals surface area contributed by atoms with Crippen LogP contribution in [-0.2, 0) is 6.42 Å². The van der Waals surface area contributed by atoms with Gasteiger partial charge in [0.05, 0.1) is 10.0 Å². The topological polar surface area (TPSA) is 12.0 Å². The molecule has 2 aromatic rings. The van der Waals surface area contributed by atoms with Gasteiger partial charge in [0.25, 0.3) is 0 Å². The lowest BCUT2D eigenvalue weighted by molar-refractivity contribution is 0.544. The summed E-state index contributed by atoms with van der Waals surface area (Å²) in [4.78, 5) is 0. The summed E-state index contributed by atoms with van der Waals surface area (Å²) in [6.45, 7) is 3.61. The molecule has 0 aliphatic rings. The maximum Gasteiger partial charge on any atom is 0.126 e. The largest absolute Gasteiger partial charge is 0.316 e. The summed E-state index contributed by atoms with van der Waals surface area (Å²) in [6.07, 6.45) is 0.713. The van der Waals surface area contributed by atoms with Crippen LogP contribution >= 0.6 is 23.2 Å². The molecule has 1 N–H and O–H groups in total. The van der Waals surface area contributed by atoms with Gasteiger partial charge in [-0.3, -0.25) is 0 Å². The molecule has 0 fully saturated rings. The van der Waals surface area contributed by atoms with Crippen LogP contribution in [0.3, 0.4) is 0 Å². The monoisotopic (exact) mass is 325 g/mol. The Labute approximate surface area is 135 Å². The van der Waals surface area contributed by atoms with Gasteiger partial charge in [-0.2, -0.15) is 0 Å². The van der Waals surface area contributed by atoms with Crippen molar-refractivity contribution < 1.29 is 4.39 Å². The average molecular weight is 326 g/mol. The maximum absolute atomic E-state index is 14.0. The second-order valence-corrected chi connectivity index (χ2v) is 5.79. The molecule has 0 aliphatic heterocycles. The molecule has 4 heteroatoms. The van der Waals surface area contributed by atoms with E-state index in [1.807, 2.05) is 31.2 Å². The lowest BCUT2D eigenvalue weighted by Crippen LogP contribution is -2.23. The third-order valence-electron chi connectivity index (χ3n) is 3.45. The highest BCUT2D eigenvalue weighted by Crippen LogP contribution is 2.27. The molecular formula is C17H18Cl2FN. The summed E-state index contributed by atoms with van der Waals surface area (Å²) in [6, 6.07) is 12.5. The number of nitrogens with one attached hydrogen (secondary N) is 1. The van der Waals surface area contributed by atoms with Gasteiger partial charge in [0.15, 0.2) is 0 Å². The smallest absolute Gasteiger partial charge is 0.126 e. The summed E-state index contributed by atoms with van der Waals surface area (Å²) < 4.78 is 14.0. The van der Waals surface area contributed by atoms with Gasteiger partial charge in [-0.25, -0.2) is 4.39 Å². The molecule has 2 aromatic carbocycles. The molecule has 0 saturated heterocycles. The molecule has 1 atom stereocenters. The summed E-state index contributed by atoms with van der Waals surface area (Å²) in [5.74, 6) is -0.108. The lowest BCUT2D eigenvalue weighted by Gasteiger charge is -2.19. The van der Waals surface area contributed by atoms with Crippen molar-refractivity contribution in [1.29, 1.82) is 0 Å². The highest BCUT2D eigenvalue weighted by molar-refractivity contribution is 6.42. The van der Waals surface area contributed by atoms with E-state index in [1.54, 1.807) is 12.1 Å². The van der Waals surface area contributed by atoms with Crippen LogP contribution in [0.4, 0.5) is 4.39 Å². The first kappa shape index (κ1) is 16.3. The first-order valence-electron chi connectivity index (χ1n) is 7.01. The number of benzene rings is 2. The van der Waals surface area contributed by atoms with Crippen LogP contribution in [0.2, 0.25) is 10.0 Å². The quantitative estimate of drug-likeness (QED) is 0.782. The Hall–Kier alpha value is -1.09. The molecule has 0 spiro atoms. The molecule has 0 amide bonds. The van der Waals surface area contributed by atoms with Crippen molar-refractivity contribution in [1.82, 2.24) is 5.32 Å². The fourth-order valence-electron chi connectivity index (χ4n) is 2.37. The van der Waals surface area contributed by atoms with Crippen LogP contribution in [0.15, 0.2) is 42.5 Å². The lowest BCUT2D eigenvalue weighted by atomic mass is 9.91. The van der Waals surface area contributed by atoms with E-state index in [2.05, 4.69) is 5.32 Å². The fraction of sp³-hybridized carbons (Fsp3) is 0.294. The number of halogens is 3. The predicted octanol–water partition coefficient (Wildman–Crippen LogP) is 5.07. The Morgan fingerprint density at radius 3 is 2.52 bits per heavy atom. The second kappa shape index (κ2) is 7.79. The molecule has 1 unspecified atom stereocenters. The van der Waals surface area contributed by atoms with Gasteiger partial charge < -0.3 is 5.32 Å². The van der Waals surface area contributed by atoms with E-state index in [0.29, 0.717) is 16.5 Å². The van der Waals surface area contributed by atoms with Crippen LogP contribution in [-0.4, -0.2) is 13.1 Å². The van der Waals surface area contributed by atoms with Gasteiger partial charge in [-0.05, 0) is 42.3 Å². The minimum absolute atomic E-state index is 0.0587. The van der Waals surface area contributed by atoms with Crippen molar-refractivity contribution in [3.8, 4) is 0 Å². The Kier molecular flexibility index (Phi) is 6.04. The first-order valence-corrected chi connectivity index (χ1v) is 7.76. The van der Waals surface area contributed by atoms with E-state index in [4.69, 9.17) is 23.2 Å². The van der Waals surface area contributed by atoms with E-state index in [1.165, 1.54) is 6.07 Å². The van der Waals surface area contributed by atoms with Gasteiger partial charge in [-0.1, -0.05) is 54.4 Å². The summed E-state index contributed by atoms with van der Waals surface area (Å²) in [5, 5.41) is 4.36. The van der Waals surface area contributed by atoms with E-state index in [-0.39, 0.29) is 11.7 Å². The first-order chi connectivity index (χ1) is 10.1. The molecule has 0 aliphatic carbocycles. The van der Waals surface area contributed by atoms with Gasteiger partial charge in [0, 0.05) is 12.5 Å². The van der Waals surface area contributed by atoms with Gasteiger partial charge in [0.2, 0.25) is 0 Å². The van der Waals surface area contributed by atoms with Crippen LogP contribution in [0.1, 0.15) is 24.0 Å². The molecule has 0 bridgehead atoms. The number of likely N-dealkylation sites (N-methyl/N-ethyl adjacent to an activating group) is 1. The molecular weight excluding hydrogens is 308 g/mol. The average Bonchev–Trinajstić information content (AvgIpc) is 2.48. The predicted molar refractivity (Wildman–Crippen MR) is 87.9 cm³/mol. The highest BCUT2D eigenvalue weighted by atomic mass is 35.5. The van der Waals surface area contributed by atoms with E-state index >= 15 is 0 Å². The van der Waals surface area contributed by atoms with Gasteiger partial charge in [0.1, 0.15) is 5.82 Å². The highest BCUT2D eigenvalue weighted by Gasteiger charge is 2.16. The number of hydrogen-bond donors (Lipinski definition) is 1. The SMILES string of the molecule is CCNCC(Cc1ccc(Cl)c(Cl)c1)c1ccccc1F. The molecule has 112 valence electrons. The minimum Gasteiger partial charge on any atom is -0.316 e. The van der Waals surface area contributed by atoms with Crippen molar-refractivity contribution in [3.63, 3.8) is 0 Å². The third kappa shape index (κ3) is 4.44. The maximum atomic E-state index is 14.0. The number of hydrogen-bond acceptors (Lipinski definition) is 1. The molecule has 2 rings (SSSR count). The summed E-state index contributed by atoms with van der Waals surface area (Å²) >= 11 is 12.0. The zero-order valence-corrected chi connectivity index (χ0v) is 13.4. The minimum atomic E-state index is -0.166. The van der Waals surface area contributed by atoms with E-state index < -0.39 is 0 Å². The molecule has 1 nitrogen and oxygen atoms in total. The van der Waals surface area contributed by atoms with E-state index in [0.717, 1.165) is 24.2 Å². The van der Waals surface area contributed by atoms with Gasteiger partial charge in [-0.15, -0.1) is 0 Å². The van der Waals surface area contributed by atoms with Crippen molar-refractivity contribution in [3.05, 3.63) is 69.5 Å². The van der Waals surface area contributed by atoms with E-state index in [9.17, 15) is 4.39 Å². The standard InChI is InChI=1S/C17H18Cl2FN/c1-2-21-11-13(14-5-3-4-6-17(14)20)9-12-7-8-15(18)16(19)10-12/h3-8,10,13,21H,2,9,11H2,1H3. The molecule has 21 heavy (non-hydrogen) atoms. The normalized spacial score (nSPS) is 12.4. The van der Waals surface area contributed by atoms with Crippen LogP contribution in [0.5, 0.6) is 0 Å². The molecule has 0 heterocycles. The fourth-order valence-corrected chi connectivity index (χ4v) is 2.69. The Bertz CT molecular complexity index is 601. The third-order valence-corrected chi connectivity index (χ3v) is 4.19. The van der Waals surface area contributed by atoms with Crippen LogP contribution in [0, 0.1) is 5.82 Å². The summed E-state index contributed by atoms with van der Waals surface area (Å²) in [7, 11) is 0. The summed E-state index contributed by atoms with van der Waals surface area (Å²) in [5.41, 5.74) is 1.78. The van der Waals surface area contributed by atoms with Crippen molar-refractivity contribution >= 4 is 23.2 Å². The van der Waals surface area contributed by atoms with Crippen molar-refractivity contribution in [2.45, 2.75) is 19.3 Å². The van der Waals surface area contributed by atoms with Crippen LogP contribution < -0.4 is 5.32 Å². The Balaban J connectivity index is 2.24. The van der Waals surface area contributed by atoms with Crippen molar-refractivity contribution in [2.75, 3.05) is 13.1 Å².